The van der Waals surface area contributed by atoms with Gasteiger partial charge in [0.2, 0.25) is 0 Å². The van der Waals surface area contributed by atoms with Crippen LogP contribution in [-0.4, -0.2) is 31.5 Å². The molecule has 0 aliphatic heterocycles. The monoisotopic (exact) mass is 478 g/mol. The first-order valence-corrected chi connectivity index (χ1v) is 13.9. The smallest absolute Gasteiger partial charge is 0.341 e. The summed E-state index contributed by atoms with van der Waals surface area (Å²) >= 11 is 12.7. The van der Waals surface area contributed by atoms with Crippen molar-refractivity contribution in [2.75, 3.05) is 6.61 Å². The van der Waals surface area contributed by atoms with E-state index < -0.39 is 31.9 Å². The van der Waals surface area contributed by atoms with E-state index in [2.05, 4.69) is 31.1 Å². The summed E-state index contributed by atoms with van der Waals surface area (Å²) in [6, 6.07) is 7.37. The van der Waals surface area contributed by atoms with Crippen molar-refractivity contribution in [2.45, 2.75) is 37.9 Å². The molecular formula is C23H21Cl2FO4Si. The molecule has 4 nitrogen and oxygen atoms in total. The highest BCUT2D eigenvalue weighted by Crippen LogP contribution is 2.48. The molecule has 0 heterocycles. The van der Waals surface area contributed by atoms with E-state index in [1.54, 1.807) is 18.2 Å². The van der Waals surface area contributed by atoms with Crippen molar-refractivity contribution in [3.05, 3.63) is 62.9 Å². The average molecular weight is 479 g/mol. The zero-order chi connectivity index (χ0) is 23.0. The lowest BCUT2D eigenvalue weighted by atomic mass is 9.74. The number of benzene rings is 2. The molecule has 2 aromatic carbocycles. The molecule has 0 fully saturated rings. The number of halogens is 3. The van der Waals surface area contributed by atoms with E-state index in [1.165, 1.54) is 12.1 Å². The molecule has 162 valence electrons. The number of ketones is 1. The predicted octanol–water partition coefficient (Wildman–Crippen LogP) is 5.54. The van der Waals surface area contributed by atoms with Crippen molar-refractivity contribution < 1.29 is 23.8 Å². The van der Waals surface area contributed by atoms with Crippen LogP contribution in [0.3, 0.4) is 0 Å². The second kappa shape index (κ2) is 8.66. The molecular weight excluding hydrogens is 458 g/mol. The van der Waals surface area contributed by atoms with Gasteiger partial charge in [0.15, 0.2) is 12.4 Å². The molecule has 31 heavy (non-hydrogen) atoms. The van der Waals surface area contributed by atoms with Gasteiger partial charge in [0.1, 0.15) is 24.7 Å². The number of carbonyl (C=O) groups is 2. The SMILES string of the molecule is C[Si](C)(C)C#CCC1(c2ccc(F)cc2)Cc2cc(OCC(=O)O)c(Cl)c(Cl)c2C1=O. The molecule has 1 aliphatic carbocycles. The zero-order valence-electron chi connectivity index (χ0n) is 17.3. The fourth-order valence-corrected chi connectivity index (χ4v) is 4.76. The lowest BCUT2D eigenvalue weighted by Crippen LogP contribution is -2.33. The average Bonchev–Trinajstić information content (AvgIpc) is 2.95. The van der Waals surface area contributed by atoms with E-state index in [0.717, 1.165) is 0 Å². The molecule has 1 aliphatic rings. The number of aliphatic carboxylic acids is 1. The van der Waals surface area contributed by atoms with E-state index in [9.17, 15) is 14.0 Å². The lowest BCUT2D eigenvalue weighted by molar-refractivity contribution is -0.139. The van der Waals surface area contributed by atoms with Crippen LogP contribution in [0.5, 0.6) is 5.75 Å². The topological polar surface area (TPSA) is 63.6 Å². The molecule has 0 saturated heterocycles. The van der Waals surface area contributed by atoms with Crippen LogP contribution in [0, 0.1) is 17.3 Å². The Hall–Kier alpha value is -2.33. The number of ether oxygens (including phenoxy) is 1. The minimum absolute atomic E-state index is 0.0156. The summed E-state index contributed by atoms with van der Waals surface area (Å²) in [5.74, 6) is 1.48. The van der Waals surface area contributed by atoms with Gasteiger partial charge in [0, 0.05) is 12.0 Å². The van der Waals surface area contributed by atoms with E-state index >= 15 is 0 Å². The first kappa shape index (κ1) is 23.3. The fraction of sp³-hybridized carbons (Fsp3) is 0.304. The third-order valence-corrected chi connectivity index (χ3v) is 6.79. The summed E-state index contributed by atoms with van der Waals surface area (Å²) in [4.78, 5) is 24.6. The van der Waals surface area contributed by atoms with Crippen molar-refractivity contribution in [2.24, 2.45) is 0 Å². The minimum atomic E-state index is -1.68. The van der Waals surface area contributed by atoms with Crippen LogP contribution in [0.4, 0.5) is 4.39 Å². The van der Waals surface area contributed by atoms with Gasteiger partial charge in [-0.3, -0.25) is 4.79 Å². The van der Waals surface area contributed by atoms with Crippen molar-refractivity contribution in [1.29, 1.82) is 0 Å². The van der Waals surface area contributed by atoms with Gasteiger partial charge in [-0.1, -0.05) is 55.0 Å². The number of Topliss-reactive ketones (excluding diaryl/α,β-unsaturated/α-hetero) is 1. The van der Waals surface area contributed by atoms with Crippen LogP contribution >= 0.6 is 23.2 Å². The first-order chi connectivity index (χ1) is 14.4. The molecule has 0 bridgehead atoms. The summed E-state index contributed by atoms with van der Waals surface area (Å²) in [5, 5.41) is 8.89. The molecule has 0 saturated carbocycles. The van der Waals surface area contributed by atoms with E-state index in [1.807, 2.05) is 0 Å². The number of carboxylic acids is 1. The van der Waals surface area contributed by atoms with Gasteiger partial charge in [0.05, 0.1) is 10.4 Å². The Kier molecular flexibility index (Phi) is 6.52. The van der Waals surface area contributed by atoms with Crippen LogP contribution in [-0.2, 0) is 16.6 Å². The maximum absolute atomic E-state index is 13.7. The Morgan fingerprint density at radius 3 is 2.45 bits per heavy atom. The molecule has 0 aromatic heterocycles. The number of carboxylic acid groups (broad SMARTS) is 1. The standard InChI is InChI=1S/C23H21Cl2FO4Si/c1-31(2,3)10-4-9-23(15-5-7-16(26)8-6-15)12-14-11-17(30-13-18(27)28)20(24)21(25)19(14)22(23)29/h5-8,11H,9,12-13H2,1-3H3,(H,27,28). The van der Waals surface area contributed by atoms with Crippen molar-refractivity contribution >= 4 is 43.0 Å². The molecule has 1 N–H and O–H groups in total. The summed E-state index contributed by atoms with van der Waals surface area (Å²) in [6.45, 7) is 5.74. The quantitative estimate of drug-likeness (QED) is 0.452. The molecule has 8 heteroatoms. The highest BCUT2D eigenvalue weighted by atomic mass is 35.5. The van der Waals surface area contributed by atoms with Gasteiger partial charge in [-0.05, 0) is 35.7 Å². The molecule has 2 aromatic rings. The summed E-state index contributed by atoms with van der Waals surface area (Å²) in [5.41, 5.74) is 3.75. The lowest BCUT2D eigenvalue weighted by Gasteiger charge is -2.26. The molecule has 1 unspecified atom stereocenters. The highest BCUT2D eigenvalue weighted by Gasteiger charge is 2.48. The van der Waals surface area contributed by atoms with E-state index in [4.69, 9.17) is 33.0 Å². The molecule has 1 atom stereocenters. The third kappa shape index (κ3) is 4.79. The maximum Gasteiger partial charge on any atom is 0.341 e. The van der Waals surface area contributed by atoms with Crippen LogP contribution in [0.25, 0.3) is 0 Å². The van der Waals surface area contributed by atoms with Gasteiger partial charge < -0.3 is 9.84 Å². The first-order valence-electron chi connectivity index (χ1n) is 9.61. The number of rotatable bonds is 5. The van der Waals surface area contributed by atoms with Crippen molar-refractivity contribution in [3.63, 3.8) is 0 Å². The fourth-order valence-electron chi connectivity index (χ4n) is 3.63. The largest absolute Gasteiger partial charge is 0.480 e. The number of hydrogen-bond acceptors (Lipinski definition) is 3. The van der Waals surface area contributed by atoms with Gasteiger partial charge in [-0.2, -0.15) is 0 Å². The number of carbonyl (C=O) groups excluding carboxylic acids is 1. The zero-order valence-corrected chi connectivity index (χ0v) is 19.8. The summed E-state index contributed by atoms with van der Waals surface area (Å²) in [7, 11) is -1.68. The Balaban J connectivity index is 2.12. The maximum atomic E-state index is 13.7. The van der Waals surface area contributed by atoms with Gasteiger partial charge in [-0.15, -0.1) is 11.5 Å². The Labute approximate surface area is 191 Å². The molecule has 0 radical (unpaired) electrons. The third-order valence-electron chi connectivity index (χ3n) is 5.01. The second-order valence-electron chi connectivity index (χ2n) is 8.54. The highest BCUT2D eigenvalue weighted by molar-refractivity contribution is 6.83. The minimum Gasteiger partial charge on any atom is -0.480 e. The predicted molar refractivity (Wildman–Crippen MR) is 121 cm³/mol. The van der Waals surface area contributed by atoms with E-state index in [0.29, 0.717) is 11.1 Å². The van der Waals surface area contributed by atoms with Crippen molar-refractivity contribution in [3.8, 4) is 17.2 Å². The van der Waals surface area contributed by atoms with Gasteiger partial charge in [0.25, 0.3) is 0 Å². The summed E-state index contributed by atoms with van der Waals surface area (Å²) in [6.07, 6.45) is 0.517. The van der Waals surface area contributed by atoms with E-state index in [-0.39, 0.29) is 40.0 Å². The van der Waals surface area contributed by atoms with Crippen LogP contribution < -0.4 is 4.74 Å². The van der Waals surface area contributed by atoms with Crippen LogP contribution in [0.1, 0.15) is 27.9 Å². The summed E-state index contributed by atoms with van der Waals surface area (Å²) < 4.78 is 18.8. The van der Waals surface area contributed by atoms with Gasteiger partial charge >= 0.3 is 5.97 Å². The normalized spacial score (nSPS) is 17.7. The Bertz CT molecular complexity index is 1110. The Morgan fingerprint density at radius 1 is 1.23 bits per heavy atom. The van der Waals surface area contributed by atoms with Crippen LogP contribution in [0.15, 0.2) is 30.3 Å². The molecule has 3 rings (SSSR count). The number of hydrogen-bond donors (Lipinski definition) is 1. The molecule has 0 amide bonds. The van der Waals surface area contributed by atoms with Crippen molar-refractivity contribution in [1.82, 2.24) is 0 Å². The Morgan fingerprint density at radius 2 is 1.87 bits per heavy atom. The second-order valence-corrected chi connectivity index (χ2v) is 14.0. The van der Waals surface area contributed by atoms with Gasteiger partial charge in [-0.25, -0.2) is 9.18 Å². The molecule has 0 spiro atoms. The van der Waals surface area contributed by atoms with Crippen LogP contribution in [0.2, 0.25) is 29.7 Å². The number of fused-ring (bicyclic) bond motifs is 1.